The normalized spacial score (nSPS) is 22.4. The summed E-state index contributed by atoms with van der Waals surface area (Å²) in [7, 11) is 0. The summed E-state index contributed by atoms with van der Waals surface area (Å²) >= 11 is 2.64. The molecule has 0 saturated carbocycles. The van der Waals surface area contributed by atoms with Crippen molar-refractivity contribution in [1.82, 2.24) is 10.2 Å². The number of thiophene rings is 1. The van der Waals surface area contributed by atoms with Crippen molar-refractivity contribution in [2.75, 3.05) is 4.90 Å². The van der Waals surface area contributed by atoms with Crippen LogP contribution in [0, 0.1) is 6.92 Å². The molecule has 5 rings (SSSR count). The summed E-state index contributed by atoms with van der Waals surface area (Å²) in [5.41, 5.74) is 1.51. The van der Waals surface area contributed by atoms with E-state index in [2.05, 4.69) is 10.2 Å². The number of nitrogens with zero attached hydrogens (tertiary/aromatic N) is 3. The third-order valence-electron chi connectivity index (χ3n) is 5.15. The second-order valence-electron chi connectivity index (χ2n) is 7.24. The van der Waals surface area contributed by atoms with Crippen molar-refractivity contribution in [1.29, 1.82) is 0 Å². The third-order valence-corrected chi connectivity index (χ3v) is 6.91. The number of fused-ring (bicyclic) bond motifs is 1. The Morgan fingerprint density at radius 1 is 1.27 bits per heavy atom. The van der Waals surface area contributed by atoms with Gasteiger partial charge in [0, 0.05) is 16.9 Å². The van der Waals surface area contributed by atoms with Crippen molar-refractivity contribution >= 4 is 45.3 Å². The SMILES string of the molecule is Cc1nnc(N2C(=O)C(=O)C(=C(O)c3ccc4c(c3)C[C@H](C)O4)[C@@H]2c2cccs2)s1. The Kier molecular flexibility index (Phi) is 4.44. The molecule has 2 aliphatic rings. The lowest BCUT2D eigenvalue weighted by Gasteiger charge is -2.21. The Labute approximate surface area is 180 Å². The van der Waals surface area contributed by atoms with E-state index in [4.69, 9.17) is 4.74 Å². The lowest BCUT2D eigenvalue weighted by Crippen LogP contribution is -2.29. The highest BCUT2D eigenvalue weighted by Crippen LogP contribution is 2.44. The van der Waals surface area contributed by atoms with Crippen molar-refractivity contribution in [3.63, 3.8) is 0 Å². The highest BCUT2D eigenvalue weighted by molar-refractivity contribution is 7.15. The zero-order valence-corrected chi connectivity index (χ0v) is 17.8. The van der Waals surface area contributed by atoms with E-state index in [1.54, 1.807) is 19.1 Å². The second kappa shape index (κ2) is 7.03. The van der Waals surface area contributed by atoms with Gasteiger partial charge in [0.2, 0.25) is 5.13 Å². The van der Waals surface area contributed by atoms with Gasteiger partial charge in [-0.15, -0.1) is 21.5 Å². The van der Waals surface area contributed by atoms with E-state index in [1.807, 2.05) is 30.5 Å². The molecule has 7 nitrogen and oxygen atoms in total. The predicted octanol–water partition coefficient (Wildman–Crippen LogP) is 3.86. The van der Waals surface area contributed by atoms with Crippen LogP contribution in [0.25, 0.3) is 5.76 Å². The molecule has 3 aromatic rings. The number of carbonyl (C=O) groups excluding carboxylic acids is 2. The smallest absolute Gasteiger partial charge is 0.301 e. The Bertz CT molecular complexity index is 1200. The highest BCUT2D eigenvalue weighted by atomic mass is 32.1. The number of rotatable bonds is 3. The first kappa shape index (κ1) is 19.0. The van der Waals surface area contributed by atoms with Crippen LogP contribution in [0.5, 0.6) is 5.75 Å². The van der Waals surface area contributed by atoms with Crippen molar-refractivity contribution in [3.05, 3.63) is 62.3 Å². The number of benzene rings is 1. The number of Topliss-reactive ketones (excluding diaryl/α,β-unsaturated/α-hetero) is 1. The molecule has 0 bridgehead atoms. The number of anilines is 1. The van der Waals surface area contributed by atoms with Gasteiger partial charge in [0.05, 0.1) is 5.57 Å². The summed E-state index contributed by atoms with van der Waals surface area (Å²) in [6.07, 6.45) is 0.790. The van der Waals surface area contributed by atoms with Crippen molar-refractivity contribution in [2.24, 2.45) is 0 Å². The molecule has 1 aromatic carbocycles. The maximum Gasteiger partial charge on any atom is 0.301 e. The Hall–Kier alpha value is -3.04. The minimum Gasteiger partial charge on any atom is -0.507 e. The molecule has 1 fully saturated rings. The lowest BCUT2D eigenvalue weighted by molar-refractivity contribution is -0.132. The zero-order valence-electron chi connectivity index (χ0n) is 16.2. The quantitative estimate of drug-likeness (QED) is 0.379. The van der Waals surface area contributed by atoms with Crippen LogP contribution >= 0.6 is 22.7 Å². The van der Waals surface area contributed by atoms with Gasteiger partial charge in [-0.3, -0.25) is 14.5 Å². The van der Waals surface area contributed by atoms with Crippen LogP contribution in [0.4, 0.5) is 5.13 Å². The lowest BCUT2D eigenvalue weighted by atomic mass is 9.98. The topological polar surface area (TPSA) is 92.6 Å². The average Bonchev–Trinajstić information content (AvgIpc) is 3.48. The Morgan fingerprint density at radius 2 is 2.10 bits per heavy atom. The largest absolute Gasteiger partial charge is 0.507 e. The maximum absolute atomic E-state index is 13.0. The van der Waals surface area contributed by atoms with Gasteiger partial charge in [-0.1, -0.05) is 17.4 Å². The van der Waals surface area contributed by atoms with Gasteiger partial charge in [-0.2, -0.15) is 0 Å². The average molecular weight is 440 g/mol. The summed E-state index contributed by atoms with van der Waals surface area (Å²) < 4.78 is 5.72. The standard InChI is InChI=1S/C21H17N3O4S2/c1-10-8-13-9-12(5-6-14(13)28-10)18(25)16-17(15-4-3-7-29-15)24(20(27)19(16)26)21-23-22-11(2)30-21/h3-7,9-10,17,25H,8H2,1-2H3/t10-,17-/m0/s1. The first-order valence-electron chi connectivity index (χ1n) is 9.38. The van der Waals surface area contributed by atoms with Crippen LogP contribution in [-0.2, 0) is 16.0 Å². The molecule has 1 N–H and O–H groups in total. The van der Waals surface area contributed by atoms with Crippen LogP contribution < -0.4 is 9.64 Å². The van der Waals surface area contributed by atoms with Gasteiger partial charge < -0.3 is 9.84 Å². The molecular weight excluding hydrogens is 422 g/mol. The number of amides is 1. The summed E-state index contributed by atoms with van der Waals surface area (Å²) in [5.74, 6) is -0.871. The zero-order chi connectivity index (χ0) is 21.0. The summed E-state index contributed by atoms with van der Waals surface area (Å²) in [4.78, 5) is 28.1. The minimum atomic E-state index is -0.749. The van der Waals surface area contributed by atoms with Crippen molar-refractivity contribution < 1.29 is 19.4 Å². The molecule has 9 heteroatoms. The van der Waals surface area contributed by atoms with E-state index in [1.165, 1.54) is 27.6 Å². The molecule has 30 heavy (non-hydrogen) atoms. The first-order chi connectivity index (χ1) is 14.4. The van der Waals surface area contributed by atoms with Crippen LogP contribution in [0.3, 0.4) is 0 Å². The summed E-state index contributed by atoms with van der Waals surface area (Å²) in [6, 6.07) is 8.26. The number of ether oxygens (including phenoxy) is 1. The second-order valence-corrected chi connectivity index (χ2v) is 9.38. The fourth-order valence-electron chi connectivity index (χ4n) is 3.85. The molecule has 152 valence electrons. The number of aliphatic hydroxyl groups is 1. The Morgan fingerprint density at radius 3 is 2.80 bits per heavy atom. The molecule has 2 aliphatic heterocycles. The van der Waals surface area contributed by atoms with Gasteiger partial charge in [0.25, 0.3) is 5.78 Å². The van der Waals surface area contributed by atoms with Crippen LogP contribution in [0.1, 0.15) is 34.0 Å². The molecule has 2 atom stereocenters. The predicted molar refractivity (Wildman–Crippen MR) is 114 cm³/mol. The third kappa shape index (κ3) is 2.93. The number of hydrogen-bond acceptors (Lipinski definition) is 8. The molecule has 2 aromatic heterocycles. The van der Waals surface area contributed by atoms with E-state index >= 15 is 0 Å². The van der Waals surface area contributed by atoms with Gasteiger partial charge in [-0.25, -0.2) is 0 Å². The molecule has 0 unspecified atom stereocenters. The summed E-state index contributed by atoms with van der Waals surface area (Å²) in [6.45, 7) is 3.76. The van der Waals surface area contributed by atoms with Gasteiger partial charge in [0.15, 0.2) is 0 Å². The van der Waals surface area contributed by atoms with E-state index in [-0.39, 0.29) is 17.4 Å². The van der Waals surface area contributed by atoms with Crippen LogP contribution in [0.15, 0.2) is 41.3 Å². The van der Waals surface area contributed by atoms with Crippen molar-refractivity contribution in [2.45, 2.75) is 32.4 Å². The number of aromatic nitrogens is 2. The molecule has 1 amide bonds. The van der Waals surface area contributed by atoms with E-state index in [9.17, 15) is 14.7 Å². The van der Waals surface area contributed by atoms with Crippen molar-refractivity contribution in [3.8, 4) is 5.75 Å². The molecule has 0 spiro atoms. The minimum absolute atomic E-state index is 0.0576. The van der Waals surface area contributed by atoms with E-state index in [0.717, 1.165) is 22.6 Å². The Balaban J connectivity index is 1.67. The maximum atomic E-state index is 13.0. The van der Waals surface area contributed by atoms with Gasteiger partial charge >= 0.3 is 5.91 Å². The van der Waals surface area contributed by atoms with Crippen LogP contribution in [0.2, 0.25) is 0 Å². The monoisotopic (exact) mass is 439 g/mol. The van der Waals surface area contributed by atoms with Crippen LogP contribution in [-0.4, -0.2) is 33.1 Å². The fourth-order valence-corrected chi connectivity index (χ4v) is 5.39. The number of carbonyl (C=O) groups is 2. The molecular formula is C21H17N3O4S2. The number of ketones is 1. The molecule has 4 heterocycles. The molecule has 1 saturated heterocycles. The molecule has 0 aliphatic carbocycles. The number of aliphatic hydroxyl groups excluding tert-OH is 1. The highest BCUT2D eigenvalue weighted by Gasteiger charge is 2.48. The number of aryl methyl sites for hydroxylation is 1. The van der Waals surface area contributed by atoms with Gasteiger partial charge in [-0.05, 0) is 49.1 Å². The van der Waals surface area contributed by atoms with E-state index in [0.29, 0.717) is 15.7 Å². The van der Waals surface area contributed by atoms with Gasteiger partial charge in [0.1, 0.15) is 28.7 Å². The molecule has 0 radical (unpaired) electrons. The number of hydrogen-bond donors (Lipinski definition) is 1. The van der Waals surface area contributed by atoms with E-state index < -0.39 is 17.7 Å². The fraction of sp³-hybridized carbons (Fsp3) is 0.238. The first-order valence-corrected chi connectivity index (χ1v) is 11.1. The summed E-state index contributed by atoms with van der Waals surface area (Å²) in [5, 5.41) is 22.1.